The van der Waals surface area contributed by atoms with Crippen LogP contribution in [0.4, 0.5) is 10.8 Å². The van der Waals surface area contributed by atoms with Gasteiger partial charge in [-0.1, -0.05) is 40.8 Å². The predicted octanol–water partition coefficient (Wildman–Crippen LogP) is 4.25. The second kappa shape index (κ2) is 6.75. The van der Waals surface area contributed by atoms with Gasteiger partial charge in [0.1, 0.15) is 0 Å². The number of aromatic nitrogens is 2. The first-order valence-electron chi connectivity index (χ1n) is 5.56. The Morgan fingerprint density at radius 2 is 2.32 bits per heavy atom. The summed E-state index contributed by atoms with van der Waals surface area (Å²) in [5.41, 5.74) is 1.91. The lowest BCUT2D eigenvalue weighted by Gasteiger charge is -2.06. The highest BCUT2D eigenvalue weighted by Gasteiger charge is 2.07. The molecule has 1 aromatic carbocycles. The minimum absolute atomic E-state index is 0.514. The Kier molecular flexibility index (Phi) is 5.02. The Labute approximate surface area is 124 Å². The summed E-state index contributed by atoms with van der Waals surface area (Å²) in [7, 11) is 0. The van der Waals surface area contributed by atoms with Crippen LogP contribution >= 0.6 is 34.7 Å². The van der Waals surface area contributed by atoms with E-state index >= 15 is 0 Å². The number of nitrogens with zero attached hydrogens (tertiary/aromatic N) is 3. The zero-order chi connectivity index (χ0) is 13.7. The van der Waals surface area contributed by atoms with E-state index in [0.717, 1.165) is 31.5 Å². The molecule has 0 radical (unpaired) electrons. The number of thioether (sulfide) groups is 1. The maximum Gasteiger partial charge on any atom is 0.210 e. The van der Waals surface area contributed by atoms with Crippen molar-refractivity contribution in [2.45, 2.75) is 17.7 Å². The average molecular weight is 311 g/mol. The van der Waals surface area contributed by atoms with Gasteiger partial charge < -0.3 is 5.32 Å². The first-order chi connectivity index (χ1) is 9.20. The molecule has 0 unspecified atom stereocenters. The summed E-state index contributed by atoms with van der Waals surface area (Å²) in [6, 6.07) is 7.80. The van der Waals surface area contributed by atoms with Gasteiger partial charge in [0.05, 0.1) is 6.07 Å². The van der Waals surface area contributed by atoms with E-state index in [-0.39, 0.29) is 0 Å². The summed E-state index contributed by atoms with van der Waals surface area (Å²) in [4.78, 5) is 0. The smallest absolute Gasteiger partial charge is 0.210 e. The van der Waals surface area contributed by atoms with Gasteiger partial charge in [0, 0.05) is 22.9 Å². The summed E-state index contributed by atoms with van der Waals surface area (Å²) in [6.45, 7) is 1.95. The SMILES string of the molecule is Cc1c(Cl)cccc1Nc1nnc(SCCC#N)s1. The van der Waals surface area contributed by atoms with Crippen molar-refractivity contribution < 1.29 is 0 Å². The van der Waals surface area contributed by atoms with Crippen molar-refractivity contribution in [3.8, 4) is 6.07 Å². The number of rotatable bonds is 5. The van der Waals surface area contributed by atoms with E-state index in [1.54, 1.807) is 11.8 Å². The standard InChI is InChI=1S/C12H11ClN4S2/c1-8-9(13)4-2-5-10(8)15-11-16-17-12(19-11)18-7-3-6-14/h2,4-5H,3,7H2,1H3,(H,15,16). The molecular formula is C12H11ClN4S2. The van der Waals surface area contributed by atoms with Crippen molar-refractivity contribution in [1.29, 1.82) is 5.26 Å². The summed E-state index contributed by atoms with van der Waals surface area (Å²) < 4.78 is 0.859. The molecule has 1 heterocycles. The van der Waals surface area contributed by atoms with Crippen molar-refractivity contribution >= 4 is 45.5 Å². The van der Waals surface area contributed by atoms with E-state index in [9.17, 15) is 0 Å². The van der Waals surface area contributed by atoms with E-state index in [1.165, 1.54) is 11.3 Å². The Bertz CT molecular complexity index is 606. The van der Waals surface area contributed by atoms with Crippen LogP contribution in [-0.2, 0) is 0 Å². The quantitative estimate of drug-likeness (QED) is 0.661. The van der Waals surface area contributed by atoms with E-state index in [2.05, 4.69) is 21.6 Å². The van der Waals surface area contributed by atoms with Gasteiger partial charge in [-0.05, 0) is 24.6 Å². The lowest BCUT2D eigenvalue weighted by atomic mass is 10.2. The molecule has 0 bridgehead atoms. The van der Waals surface area contributed by atoms with Gasteiger partial charge >= 0.3 is 0 Å². The number of anilines is 2. The van der Waals surface area contributed by atoms with E-state index in [0.29, 0.717) is 6.42 Å². The second-order valence-electron chi connectivity index (χ2n) is 3.67. The van der Waals surface area contributed by atoms with E-state index in [4.69, 9.17) is 16.9 Å². The molecule has 0 aliphatic rings. The summed E-state index contributed by atoms with van der Waals surface area (Å²) in [5.74, 6) is 0.737. The van der Waals surface area contributed by atoms with Crippen LogP contribution in [0, 0.1) is 18.3 Å². The van der Waals surface area contributed by atoms with E-state index in [1.807, 2.05) is 25.1 Å². The number of nitrogens with one attached hydrogen (secondary N) is 1. The van der Waals surface area contributed by atoms with Crippen LogP contribution in [0.2, 0.25) is 5.02 Å². The highest BCUT2D eigenvalue weighted by Crippen LogP contribution is 2.30. The van der Waals surface area contributed by atoms with Crippen LogP contribution in [0.5, 0.6) is 0 Å². The summed E-state index contributed by atoms with van der Waals surface area (Å²) in [6.07, 6.45) is 0.514. The fourth-order valence-electron chi connectivity index (χ4n) is 1.36. The number of nitriles is 1. The van der Waals surface area contributed by atoms with Crippen molar-refractivity contribution in [3.05, 3.63) is 28.8 Å². The van der Waals surface area contributed by atoms with Crippen LogP contribution in [0.1, 0.15) is 12.0 Å². The zero-order valence-electron chi connectivity index (χ0n) is 10.2. The molecule has 19 heavy (non-hydrogen) atoms. The molecule has 1 N–H and O–H groups in total. The average Bonchev–Trinajstić information content (AvgIpc) is 2.83. The predicted molar refractivity (Wildman–Crippen MR) is 80.3 cm³/mol. The molecule has 0 aliphatic carbocycles. The van der Waals surface area contributed by atoms with Gasteiger partial charge in [0.25, 0.3) is 0 Å². The molecule has 0 amide bonds. The topological polar surface area (TPSA) is 61.6 Å². The van der Waals surface area contributed by atoms with Crippen molar-refractivity contribution in [2.24, 2.45) is 0 Å². The summed E-state index contributed by atoms with van der Waals surface area (Å²) in [5, 5.41) is 21.3. The first-order valence-corrected chi connectivity index (χ1v) is 7.74. The number of benzene rings is 1. The molecule has 0 saturated heterocycles. The Morgan fingerprint density at radius 1 is 1.47 bits per heavy atom. The van der Waals surface area contributed by atoms with Crippen molar-refractivity contribution in [2.75, 3.05) is 11.1 Å². The van der Waals surface area contributed by atoms with Crippen LogP contribution in [0.15, 0.2) is 22.5 Å². The fraction of sp³-hybridized carbons (Fsp3) is 0.250. The molecule has 2 rings (SSSR count). The van der Waals surface area contributed by atoms with E-state index < -0.39 is 0 Å². The minimum Gasteiger partial charge on any atom is -0.330 e. The highest BCUT2D eigenvalue weighted by molar-refractivity contribution is 8.01. The van der Waals surface area contributed by atoms with Crippen LogP contribution in [0.3, 0.4) is 0 Å². The molecule has 0 aliphatic heterocycles. The van der Waals surface area contributed by atoms with Gasteiger partial charge in [0.15, 0.2) is 4.34 Å². The molecular weight excluding hydrogens is 300 g/mol. The number of hydrogen-bond donors (Lipinski definition) is 1. The molecule has 0 saturated carbocycles. The van der Waals surface area contributed by atoms with Crippen LogP contribution in [-0.4, -0.2) is 16.0 Å². The molecule has 1 aromatic heterocycles. The normalized spacial score (nSPS) is 10.2. The highest BCUT2D eigenvalue weighted by atomic mass is 35.5. The Balaban J connectivity index is 2.04. The summed E-state index contributed by atoms with van der Waals surface area (Å²) >= 11 is 9.07. The van der Waals surface area contributed by atoms with Gasteiger partial charge in [-0.15, -0.1) is 10.2 Å². The van der Waals surface area contributed by atoms with Gasteiger partial charge in [-0.25, -0.2) is 0 Å². The third kappa shape index (κ3) is 3.83. The van der Waals surface area contributed by atoms with Crippen molar-refractivity contribution in [1.82, 2.24) is 10.2 Å². The molecule has 0 atom stereocenters. The molecule has 98 valence electrons. The molecule has 4 nitrogen and oxygen atoms in total. The lowest BCUT2D eigenvalue weighted by molar-refractivity contribution is 1.01. The van der Waals surface area contributed by atoms with Gasteiger partial charge in [-0.2, -0.15) is 5.26 Å². The second-order valence-corrected chi connectivity index (χ2v) is 6.39. The maximum atomic E-state index is 8.48. The Hall–Kier alpha value is -1.29. The fourth-order valence-corrected chi connectivity index (χ4v) is 3.21. The van der Waals surface area contributed by atoms with Gasteiger partial charge in [0.2, 0.25) is 5.13 Å². The third-order valence-electron chi connectivity index (χ3n) is 2.36. The maximum absolute atomic E-state index is 8.48. The van der Waals surface area contributed by atoms with Crippen LogP contribution in [0.25, 0.3) is 0 Å². The molecule has 7 heteroatoms. The Morgan fingerprint density at radius 3 is 3.11 bits per heavy atom. The largest absolute Gasteiger partial charge is 0.330 e. The van der Waals surface area contributed by atoms with Crippen LogP contribution < -0.4 is 5.32 Å². The third-order valence-corrected chi connectivity index (χ3v) is 4.74. The van der Waals surface area contributed by atoms with Crippen molar-refractivity contribution in [3.63, 3.8) is 0 Å². The molecule has 0 fully saturated rings. The lowest BCUT2D eigenvalue weighted by Crippen LogP contribution is -1.92. The first kappa shape index (κ1) is 14.1. The zero-order valence-corrected chi connectivity index (χ0v) is 12.6. The number of hydrogen-bond acceptors (Lipinski definition) is 6. The molecule has 2 aromatic rings. The molecule has 0 spiro atoms. The number of halogens is 1. The monoisotopic (exact) mass is 310 g/mol. The van der Waals surface area contributed by atoms with Gasteiger partial charge in [-0.3, -0.25) is 0 Å². The minimum atomic E-state index is 0.514.